The van der Waals surface area contributed by atoms with E-state index in [-0.39, 0.29) is 37.3 Å². The van der Waals surface area contributed by atoms with E-state index >= 15 is 0 Å². The van der Waals surface area contributed by atoms with Crippen LogP contribution in [0.4, 0.5) is 0 Å². The Morgan fingerprint density at radius 3 is 1.76 bits per heavy atom. The van der Waals surface area contributed by atoms with Gasteiger partial charge in [-0.15, -0.1) is 29.7 Å². The normalized spacial score (nSPS) is 12.2. The molecular formula is C60H54N4OPt-2. The van der Waals surface area contributed by atoms with Gasteiger partial charge in [0.1, 0.15) is 5.82 Å². The van der Waals surface area contributed by atoms with Gasteiger partial charge in [-0.25, -0.2) is 4.98 Å². The van der Waals surface area contributed by atoms with Crippen molar-refractivity contribution in [1.82, 2.24) is 14.1 Å². The molecule has 0 radical (unpaired) electrons. The summed E-state index contributed by atoms with van der Waals surface area (Å²) in [5, 5.41) is 2.22. The molecule has 0 amide bonds. The molecule has 0 fully saturated rings. The molecule has 0 N–H and O–H groups in total. The van der Waals surface area contributed by atoms with Crippen LogP contribution in [-0.4, -0.2) is 14.1 Å². The van der Waals surface area contributed by atoms with Crippen LogP contribution < -0.4 is 9.30 Å². The summed E-state index contributed by atoms with van der Waals surface area (Å²) in [6.45, 7) is 20.3. The van der Waals surface area contributed by atoms with Gasteiger partial charge in [0.2, 0.25) is 0 Å². The van der Waals surface area contributed by atoms with Crippen LogP contribution in [0, 0.1) is 18.5 Å². The van der Waals surface area contributed by atoms with Crippen molar-refractivity contribution >= 4 is 32.8 Å². The van der Waals surface area contributed by atoms with Crippen LogP contribution in [0.25, 0.3) is 72.3 Å². The SMILES string of the molecule is CC(C)(C)c1cccc(-c2cccc(-c3cccc(C(C)(C)C)c3)c2-[n+]2[c-]n(-c3[c-]c(Oc4[c-]c5c(cc4)c4ccccc4n5-c4cc(C(C)(C)C)ccn4)ccc3)c3ccccc32)c1.[Pt]. The number of hydrogen-bond donors (Lipinski definition) is 0. The van der Waals surface area contributed by atoms with Gasteiger partial charge >= 0.3 is 0 Å². The second kappa shape index (κ2) is 17.0. The molecule has 0 saturated heterocycles. The number of nitrogens with zero attached hydrogens (tertiary/aromatic N) is 4. The fraction of sp³-hybridized carbons (Fsp3) is 0.200. The first kappa shape index (κ1) is 44.6. The van der Waals surface area contributed by atoms with E-state index in [1.54, 1.807) is 0 Å². The van der Waals surface area contributed by atoms with Crippen molar-refractivity contribution in [3.05, 3.63) is 199 Å². The van der Waals surface area contributed by atoms with E-state index < -0.39 is 0 Å². The molecule has 5 nitrogen and oxygen atoms in total. The smallest absolute Gasteiger partial charge is 0.268 e. The molecule has 10 rings (SSSR count). The van der Waals surface area contributed by atoms with E-state index in [2.05, 4.69) is 234 Å². The van der Waals surface area contributed by atoms with Crippen molar-refractivity contribution in [2.24, 2.45) is 0 Å². The second-order valence-corrected chi connectivity index (χ2v) is 20.2. The number of benzene rings is 7. The molecule has 10 aromatic rings. The van der Waals surface area contributed by atoms with Gasteiger partial charge in [0, 0.05) is 44.3 Å². The summed E-state index contributed by atoms with van der Waals surface area (Å²) in [7, 11) is 0. The van der Waals surface area contributed by atoms with Crippen molar-refractivity contribution in [2.45, 2.75) is 78.6 Å². The molecule has 7 aromatic carbocycles. The molecular weight excluding hydrogens is 988 g/mol. The summed E-state index contributed by atoms with van der Waals surface area (Å²) in [5.74, 6) is 2.01. The Morgan fingerprint density at radius 1 is 0.515 bits per heavy atom. The number of rotatable bonds is 7. The van der Waals surface area contributed by atoms with Crippen LogP contribution in [0.15, 0.2) is 164 Å². The van der Waals surface area contributed by atoms with Gasteiger partial charge < -0.3 is 13.9 Å². The van der Waals surface area contributed by atoms with E-state index in [0.717, 1.165) is 72.3 Å². The number of para-hydroxylation sites is 4. The number of aromatic nitrogens is 4. The van der Waals surface area contributed by atoms with Crippen LogP contribution in [0.2, 0.25) is 0 Å². The minimum absolute atomic E-state index is 0. The van der Waals surface area contributed by atoms with Crippen LogP contribution in [0.3, 0.4) is 0 Å². The summed E-state index contributed by atoms with van der Waals surface area (Å²) in [5.41, 5.74) is 14.2. The molecule has 3 aromatic heterocycles. The molecule has 0 unspecified atom stereocenters. The zero-order chi connectivity index (χ0) is 45.3. The molecule has 0 bridgehead atoms. The van der Waals surface area contributed by atoms with E-state index in [1.807, 2.05) is 24.4 Å². The van der Waals surface area contributed by atoms with Crippen LogP contribution in [0.5, 0.6) is 11.5 Å². The van der Waals surface area contributed by atoms with E-state index in [4.69, 9.17) is 9.72 Å². The van der Waals surface area contributed by atoms with Crippen molar-refractivity contribution in [3.8, 4) is 50.9 Å². The number of imidazole rings is 1. The molecule has 332 valence electrons. The van der Waals surface area contributed by atoms with Gasteiger partial charge in [-0.05, 0) is 84.5 Å². The third kappa shape index (κ3) is 8.31. The van der Waals surface area contributed by atoms with Crippen molar-refractivity contribution in [3.63, 3.8) is 0 Å². The van der Waals surface area contributed by atoms with Crippen LogP contribution in [-0.2, 0) is 37.3 Å². The quantitative estimate of drug-likeness (QED) is 0.118. The predicted molar refractivity (Wildman–Crippen MR) is 267 cm³/mol. The van der Waals surface area contributed by atoms with Gasteiger partial charge in [0.15, 0.2) is 0 Å². The minimum atomic E-state index is -0.0290. The van der Waals surface area contributed by atoms with Crippen molar-refractivity contribution < 1.29 is 30.4 Å². The maximum absolute atomic E-state index is 6.67. The summed E-state index contributed by atoms with van der Waals surface area (Å²) in [6.07, 6.45) is 5.73. The van der Waals surface area contributed by atoms with Gasteiger partial charge in [0.25, 0.3) is 6.33 Å². The van der Waals surface area contributed by atoms with Gasteiger partial charge in [-0.2, -0.15) is 18.2 Å². The number of pyridine rings is 1. The standard InChI is InChI=1S/C60H54N4O.Pt/c1-58(2,3)42-20-14-18-40(34-42)48-25-17-26-49(41-19-15-21-43(35-41)59(4,5)6)57(48)63-39-62(53-28-12-13-29-54(53)63)45-22-16-23-46(37-45)65-47-30-31-51-50-24-10-11-27-52(50)64(55(51)38-47)56-36-44(32-33-61-56)60(7,8)9;/h10-36H,1-9H3;/q-2;. The van der Waals surface area contributed by atoms with Gasteiger partial charge in [0.05, 0.1) is 16.7 Å². The van der Waals surface area contributed by atoms with E-state index in [0.29, 0.717) is 11.5 Å². The zero-order valence-corrected chi connectivity index (χ0v) is 41.4. The molecule has 6 heteroatoms. The predicted octanol–water partition coefficient (Wildman–Crippen LogP) is 14.8. The third-order valence-corrected chi connectivity index (χ3v) is 12.5. The molecule has 0 aliphatic heterocycles. The fourth-order valence-electron chi connectivity index (χ4n) is 8.88. The second-order valence-electron chi connectivity index (χ2n) is 20.2. The Labute approximate surface area is 403 Å². The average Bonchev–Trinajstić information content (AvgIpc) is 3.84. The first-order chi connectivity index (χ1) is 31.1. The Hall–Kier alpha value is -6.55. The molecule has 0 aliphatic rings. The number of ether oxygens (including phenoxy) is 1. The monoisotopic (exact) mass is 1040 g/mol. The molecule has 0 saturated carbocycles. The summed E-state index contributed by atoms with van der Waals surface area (Å²) < 4.78 is 13.2. The Balaban J connectivity index is 0.00000548. The average molecular weight is 1040 g/mol. The topological polar surface area (TPSA) is 35.9 Å². The molecule has 0 atom stereocenters. The Bertz CT molecular complexity index is 3350. The number of fused-ring (bicyclic) bond motifs is 4. The molecule has 3 heterocycles. The van der Waals surface area contributed by atoms with Gasteiger partial charge in [-0.3, -0.25) is 4.57 Å². The summed E-state index contributed by atoms with van der Waals surface area (Å²) >= 11 is 0. The van der Waals surface area contributed by atoms with E-state index in [1.165, 1.54) is 16.7 Å². The van der Waals surface area contributed by atoms with Gasteiger partial charge in [-0.1, -0.05) is 177 Å². The first-order valence-electron chi connectivity index (χ1n) is 22.5. The Morgan fingerprint density at radius 2 is 1.09 bits per heavy atom. The van der Waals surface area contributed by atoms with E-state index in [9.17, 15) is 0 Å². The van der Waals surface area contributed by atoms with Crippen molar-refractivity contribution in [1.29, 1.82) is 0 Å². The number of hydrogen-bond acceptors (Lipinski definition) is 2. The third-order valence-electron chi connectivity index (χ3n) is 12.5. The summed E-state index contributed by atoms with van der Waals surface area (Å²) in [6, 6.07) is 63.3. The van der Waals surface area contributed by atoms with Crippen LogP contribution in [0.1, 0.15) is 79.0 Å². The molecule has 0 spiro atoms. The first-order valence-corrected chi connectivity index (χ1v) is 22.5. The maximum Gasteiger partial charge on any atom is 0.268 e. The van der Waals surface area contributed by atoms with Crippen molar-refractivity contribution in [2.75, 3.05) is 0 Å². The van der Waals surface area contributed by atoms with Crippen LogP contribution >= 0.6 is 0 Å². The molecule has 66 heavy (non-hydrogen) atoms. The molecule has 0 aliphatic carbocycles. The maximum atomic E-state index is 6.67. The Kier molecular flexibility index (Phi) is 11.5. The summed E-state index contributed by atoms with van der Waals surface area (Å²) in [4.78, 5) is 4.86. The minimum Gasteiger partial charge on any atom is -0.510 e. The fourth-order valence-corrected chi connectivity index (χ4v) is 8.88. The zero-order valence-electron chi connectivity index (χ0n) is 39.1. The largest absolute Gasteiger partial charge is 0.510 e.